The summed E-state index contributed by atoms with van der Waals surface area (Å²) in [5, 5.41) is 9.55. The molecule has 1 aliphatic heterocycles. The molecule has 1 heterocycles. The Bertz CT molecular complexity index is 1280. The number of benzene rings is 2. The van der Waals surface area contributed by atoms with Crippen molar-refractivity contribution in [3.63, 3.8) is 0 Å². The minimum Gasteiger partial charge on any atom is -0.487 e. The van der Waals surface area contributed by atoms with Crippen LogP contribution in [0.1, 0.15) is 75.5 Å². The lowest BCUT2D eigenvalue weighted by Gasteiger charge is -2.46. The second-order valence-corrected chi connectivity index (χ2v) is 12.2. The molecule has 0 saturated carbocycles. The van der Waals surface area contributed by atoms with Gasteiger partial charge in [-0.3, -0.25) is 0 Å². The second kappa shape index (κ2) is 10.7. The van der Waals surface area contributed by atoms with Crippen LogP contribution in [-0.4, -0.2) is 25.7 Å². The number of nitrogens with zero attached hydrogens (tertiary/aromatic N) is 1. The lowest BCUT2D eigenvalue weighted by Crippen LogP contribution is -2.45. The molecule has 0 radical (unpaired) electrons. The molecule has 0 saturated heterocycles. The monoisotopic (exact) mass is 529 g/mol. The van der Waals surface area contributed by atoms with Gasteiger partial charge in [0.25, 0.3) is 5.09 Å². The van der Waals surface area contributed by atoms with Crippen LogP contribution >= 0.6 is 0 Å². The van der Waals surface area contributed by atoms with E-state index in [2.05, 4.69) is 31.7 Å². The molecule has 37 heavy (non-hydrogen) atoms. The summed E-state index contributed by atoms with van der Waals surface area (Å²) in [5.74, 6) is 1.14. The number of ether oxygens (including phenoxy) is 1. The van der Waals surface area contributed by atoms with Crippen molar-refractivity contribution >= 4 is 10.1 Å². The van der Waals surface area contributed by atoms with Gasteiger partial charge >= 0.3 is 10.1 Å². The highest BCUT2D eigenvalue weighted by Gasteiger charge is 2.46. The van der Waals surface area contributed by atoms with Crippen LogP contribution in [0.3, 0.4) is 0 Å². The molecule has 0 fully saturated rings. The van der Waals surface area contributed by atoms with Crippen LogP contribution < -0.4 is 8.92 Å². The smallest absolute Gasteiger partial charge is 0.339 e. The lowest BCUT2D eigenvalue weighted by atomic mass is 9.68. The van der Waals surface area contributed by atoms with Crippen molar-refractivity contribution in [1.29, 1.82) is 0 Å². The van der Waals surface area contributed by atoms with Crippen molar-refractivity contribution in [1.82, 2.24) is 0 Å². The van der Waals surface area contributed by atoms with Gasteiger partial charge in [-0.05, 0) is 89.6 Å². The lowest BCUT2D eigenvalue weighted by molar-refractivity contribution is -0.757. The Kier molecular flexibility index (Phi) is 7.83. The van der Waals surface area contributed by atoms with Gasteiger partial charge in [0.15, 0.2) is 5.75 Å². The van der Waals surface area contributed by atoms with Crippen molar-refractivity contribution in [2.24, 2.45) is 5.92 Å². The Labute approximate surface area is 218 Å². The number of hydrogen-bond acceptors (Lipinski definition) is 7. The topological polar surface area (TPSA) is 105 Å². The van der Waals surface area contributed by atoms with Crippen molar-refractivity contribution in [2.75, 3.05) is 6.61 Å². The van der Waals surface area contributed by atoms with Gasteiger partial charge < -0.3 is 13.8 Å². The maximum atomic E-state index is 13.3. The van der Waals surface area contributed by atoms with Crippen LogP contribution in [0.15, 0.2) is 52.9 Å². The molecule has 8 nitrogen and oxygen atoms in total. The number of unbranched alkanes of at least 4 members (excludes halogenated alkanes) is 2. The molecule has 4 rings (SSSR count). The van der Waals surface area contributed by atoms with E-state index in [1.54, 1.807) is 24.3 Å². The van der Waals surface area contributed by atoms with E-state index < -0.39 is 20.8 Å². The number of hydrogen-bond donors (Lipinski definition) is 0. The van der Waals surface area contributed by atoms with Crippen LogP contribution in [-0.2, 0) is 21.4 Å². The summed E-state index contributed by atoms with van der Waals surface area (Å²) < 4.78 is 39.0. The largest absolute Gasteiger partial charge is 0.487 e. The zero-order valence-corrected chi connectivity index (χ0v) is 22.7. The highest BCUT2D eigenvalue weighted by Crippen LogP contribution is 2.54. The molecule has 0 N–H and O–H groups in total. The van der Waals surface area contributed by atoms with Crippen LogP contribution in [0.4, 0.5) is 0 Å². The van der Waals surface area contributed by atoms with E-state index in [1.807, 2.05) is 19.1 Å². The number of rotatable bonds is 10. The molecule has 2 aliphatic rings. The summed E-state index contributed by atoms with van der Waals surface area (Å²) in [7, 11) is -4.06. The molecule has 2 unspecified atom stereocenters. The first-order chi connectivity index (χ1) is 17.5. The minimum atomic E-state index is -4.06. The minimum absolute atomic E-state index is 0.0101. The molecule has 1 aliphatic carbocycles. The first-order valence-corrected chi connectivity index (χ1v) is 14.2. The first-order valence-electron chi connectivity index (χ1n) is 12.8. The molecule has 0 aromatic heterocycles. The van der Waals surface area contributed by atoms with Gasteiger partial charge in [0.2, 0.25) is 0 Å². The Morgan fingerprint density at radius 1 is 1.11 bits per heavy atom. The summed E-state index contributed by atoms with van der Waals surface area (Å²) in [6, 6.07) is 10.4. The fourth-order valence-electron chi connectivity index (χ4n) is 5.39. The Hall–Kier alpha value is -3.07. The third-order valence-corrected chi connectivity index (χ3v) is 8.57. The van der Waals surface area contributed by atoms with Gasteiger partial charge in [0.05, 0.1) is 6.61 Å². The van der Waals surface area contributed by atoms with Gasteiger partial charge in [0, 0.05) is 17.4 Å². The van der Waals surface area contributed by atoms with E-state index in [0.29, 0.717) is 24.3 Å². The fraction of sp³-hybridized carbons (Fsp3) is 0.500. The van der Waals surface area contributed by atoms with E-state index in [9.17, 15) is 18.5 Å². The third kappa shape index (κ3) is 6.26. The Balaban J connectivity index is 1.68. The summed E-state index contributed by atoms with van der Waals surface area (Å²) in [5.41, 5.74) is 3.50. The van der Waals surface area contributed by atoms with Crippen molar-refractivity contribution in [2.45, 2.75) is 82.6 Å². The molecule has 9 heteroatoms. The molecule has 2 aromatic rings. The zero-order valence-electron chi connectivity index (χ0n) is 21.9. The zero-order chi connectivity index (χ0) is 26.8. The molecule has 2 aromatic carbocycles. The van der Waals surface area contributed by atoms with Crippen molar-refractivity contribution < 1.29 is 27.3 Å². The van der Waals surface area contributed by atoms with E-state index >= 15 is 0 Å². The molecule has 2 atom stereocenters. The van der Waals surface area contributed by atoms with Gasteiger partial charge in [-0.2, -0.15) is 8.42 Å². The third-order valence-electron chi connectivity index (χ3n) is 7.33. The average molecular weight is 530 g/mol. The maximum Gasteiger partial charge on any atom is 0.339 e. The fourth-order valence-corrected chi connectivity index (χ4v) is 6.33. The van der Waals surface area contributed by atoms with Crippen LogP contribution in [0.5, 0.6) is 11.5 Å². The van der Waals surface area contributed by atoms with Crippen LogP contribution in [0, 0.1) is 23.0 Å². The normalized spacial score (nSPS) is 20.2. The highest BCUT2D eigenvalue weighted by atomic mass is 32.2. The predicted octanol–water partition coefficient (Wildman–Crippen LogP) is 6.29. The average Bonchev–Trinajstić information content (AvgIpc) is 2.80. The maximum absolute atomic E-state index is 13.3. The highest BCUT2D eigenvalue weighted by molar-refractivity contribution is 7.87. The number of aryl methyl sites for hydroxylation is 2. The van der Waals surface area contributed by atoms with Gasteiger partial charge in [-0.1, -0.05) is 35.8 Å². The van der Waals surface area contributed by atoms with Gasteiger partial charge in [0.1, 0.15) is 16.2 Å². The molecular formula is C28H35NO7S. The molecule has 0 bridgehead atoms. The summed E-state index contributed by atoms with van der Waals surface area (Å²) in [6.45, 7) is 8.25. The molecule has 0 amide bonds. The number of fused-ring (bicyclic) bond motifs is 3. The summed E-state index contributed by atoms with van der Waals surface area (Å²) >= 11 is 0. The standard InChI is InChI=1S/C28H35NO7S/c1-19-9-12-22(13-10-19)37(32,33)36-26-18-21(8-6-5-7-15-34-29(30)31)17-25-27(26)23-16-20(2)11-14-24(23)28(3,4)35-25/h9-10,12-13,16-18,23-24H,5-8,11,14-15H2,1-4H3. The second-order valence-electron chi connectivity index (χ2n) is 10.6. The Morgan fingerprint density at radius 3 is 2.54 bits per heavy atom. The first kappa shape index (κ1) is 27.0. The van der Waals surface area contributed by atoms with E-state index in [1.165, 1.54) is 5.57 Å². The SMILES string of the molecule is CC1=CC2c3c(cc(CCCCCO[N+](=O)[O-])cc3OS(=O)(=O)c3ccc(C)cc3)OC(C)(C)C2CC1. The van der Waals surface area contributed by atoms with Gasteiger partial charge in [-0.15, -0.1) is 10.1 Å². The van der Waals surface area contributed by atoms with Crippen LogP contribution in [0.25, 0.3) is 0 Å². The van der Waals surface area contributed by atoms with E-state index in [-0.39, 0.29) is 23.3 Å². The predicted molar refractivity (Wildman–Crippen MR) is 140 cm³/mol. The van der Waals surface area contributed by atoms with Crippen molar-refractivity contribution in [3.8, 4) is 11.5 Å². The van der Waals surface area contributed by atoms with Gasteiger partial charge in [-0.25, -0.2) is 0 Å². The summed E-state index contributed by atoms with van der Waals surface area (Å²) in [4.78, 5) is 14.8. The van der Waals surface area contributed by atoms with Crippen LogP contribution in [0.2, 0.25) is 0 Å². The van der Waals surface area contributed by atoms with E-state index in [0.717, 1.165) is 42.4 Å². The van der Waals surface area contributed by atoms with E-state index in [4.69, 9.17) is 8.92 Å². The molecule has 0 spiro atoms. The quantitative estimate of drug-likeness (QED) is 0.117. The Morgan fingerprint density at radius 2 is 1.84 bits per heavy atom. The number of allylic oxidation sites excluding steroid dienone is 2. The molecule has 200 valence electrons. The molecular weight excluding hydrogens is 494 g/mol. The van der Waals surface area contributed by atoms with Crippen molar-refractivity contribution in [3.05, 3.63) is 74.9 Å². The summed E-state index contributed by atoms with van der Waals surface area (Å²) in [6.07, 6.45) is 6.89.